The molecule has 0 fully saturated rings. The van der Waals surface area contributed by atoms with Crippen LogP contribution in [0.1, 0.15) is 194 Å². The third kappa shape index (κ3) is 39.1. The van der Waals surface area contributed by atoms with Crippen LogP contribution >= 0.6 is 0 Å². The van der Waals surface area contributed by atoms with Gasteiger partial charge in [0.2, 0.25) is 0 Å². The van der Waals surface area contributed by atoms with Gasteiger partial charge in [-0.05, 0) is 64.2 Å². The van der Waals surface area contributed by atoms with Crippen LogP contribution in [0.25, 0.3) is 0 Å². The van der Waals surface area contributed by atoms with Gasteiger partial charge in [0, 0.05) is 12.8 Å². The summed E-state index contributed by atoms with van der Waals surface area (Å²) >= 11 is 0. The molecule has 0 saturated heterocycles. The van der Waals surface area contributed by atoms with E-state index >= 15 is 0 Å². The number of allylic oxidation sites excluding steroid dienone is 4. The lowest BCUT2D eigenvalue weighted by Gasteiger charge is -2.29. The van der Waals surface area contributed by atoms with Gasteiger partial charge >= 0.3 is 11.9 Å². The zero-order chi connectivity index (χ0) is 34.5. The van der Waals surface area contributed by atoms with E-state index in [0.29, 0.717) is 30.5 Å². The number of hydrogen-bond donors (Lipinski definition) is 0. The van der Waals surface area contributed by atoms with E-state index in [1.165, 1.54) is 141 Å². The lowest BCUT2D eigenvalue weighted by Crippen LogP contribution is -3.00. The molecule has 0 bridgehead atoms. The molecule has 0 saturated carbocycles. The van der Waals surface area contributed by atoms with E-state index in [2.05, 4.69) is 52.2 Å². The fourth-order valence-electron chi connectivity index (χ4n) is 5.75. The Balaban J connectivity index is 0. The molecule has 0 unspecified atom stereocenters. The minimum absolute atomic E-state index is 0. The summed E-state index contributed by atoms with van der Waals surface area (Å²) in [5, 5.41) is 0. The van der Waals surface area contributed by atoms with Crippen molar-refractivity contribution in [2.75, 3.05) is 40.4 Å². The Morgan fingerprint density at radius 3 is 1.02 bits per heavy atom. The average molecular weight is 699 g/mol. The molecule has 0 spiro atoms. The standard InChI is InChI=1S/C42H80NO4.ClH/c1-5-7-9-11-13-15-17-19-21-23-25-27-29-31-33-35-41(44)46-39-37-43(3,4)38-40-47-42(45)36-34-32-30-28-26-24-22-20-18-16-14-12-10-8-6-2;/h19-22H,5-18,23-40H2,1-4H3;1H/q+1;/p-1/b21-19+,22-20+;. The van der Waals surface area contributed by atoms with Crippen LogP contribution in [-0.2, 0) is 19.1 Å². The highest BCUT2D eigenvalue weighted by Crippen LogP contribution is 2.12. The second kappa shape index (κ2) is 38.5. The number of hydrogen-bond acceptors (Lipinski definition) is 4. The molecule has 0 aromatic rings. The van der Waals surface area contributed by atoms with Gasteiger partial charge in [0.25, 0.3) is 0 Å². The molecule has 0 aromatic heterocycles. The molecule has 6 heteroatoms. The van der Waals surface area contributed by atoms with Crippen LogP contribution in [0.3, 0.4) is 0 Å². The van der Waals surface area contributed by atoms with Gasteiger partial charge in [-0.3, -0.25) is 9.59 Å². The summed E-state index contributed by atoms with van der Waals surface area (Å²) in [7, 11) is 4.19. The van der Waals surface area contributed by atoms with Crippen molar-refractivity contribution in [3.8, 4) is 0 Å². The number of likely N-dealkylation sites (N-methyl/N-ethyl adjacent to an activating group) is 1. The lowest BCUT2D eigenvalue weighted by atomic mass is 10.1. The van der Waals surface area contributed by atoms with Crippen LogP contribution < -0.4 is 12.4 Å². The Hall–Kier alpha value is -1.33. The fraction of sp³-hybridized carbons (Fsp3) is 0.857. The molecular weight excluding hydrogens is 618 g/mol. The van der Waals surface area contributed by atoms with E-state index < -0.39 is 0 Å². The van der Waals surface area contributed by atoms with Gasteiger partial charge in [-0.25, -0.2) is 0 Å². The minimum atomic E-state index is -0.0889. The summed E-state index contributed by atoms with van der Waals surface area (Å²) in [6, 6.07) is 0. The smallest absolute Gasteiger partial charge is 0.305 e. The number of unbranched alkanes of at least 4 members (excludes halogenated alkanes) is 22. The van der Waals surface area contributed by atoms with E-state index in [1.807, 2.05) is 0 Å². The van der Waals surface area contributed by atoms with Gasteiger partial charge in [0.15, 0.2) is 0 Å². The molecule has 5 nitrogen and oxygen atoms in total. The Morgan fingerprint density at radius 1 is 0.438 bits per heavy atom. The van der Waals surface area contributed by atoms with Gasteiger partial charge in [-0.1, -0.05) is 141 Å². The SMILES string of the molecule is CCCCCCCC/C=C/CCCCCCCC(=O)OCC[N+](C)(C)CCOC(=O)CCCCCCC/C=C/CCCCCCCC.[Cl-]. The summed E-state index contributed by atoms with van der Waals surface area (Å²) in [4.78, 5) is 24.3. The van der Waals surface area contributed by atoms with E-state index in [0.717, 1.165) is 38.8 Å². The molecule has 0 atom stereocenters. The molecular formula is C42H80ClNO4. The van der Waals surface area contributed by atoms with Crippen LogP contribution in [-0.4, -0.2) is 56.8 Å². The highest BCUT2D eigenvalue weighted by Gasteiger charge is 2.17. The summed E-state index contributed by atoms with van der Waals surface area (Å²) in [6.07, 6.45) is 43.1. The quantitative estimate of drug-likeness (QED) is 0.0284. The summed E-state index contributed by atoms with van der Waals surface area (Å²) in [6.45, 7) is 6.82. The first-order valence-corrected chi connectivity index (χ1v) is 20.3. The first-order chi connectivity index (χ1) is 22.9. The molecule has 0 aliphatic heterocycles. The predicted molar refractivity (Wildman–Crippen MR) is 203 cm³/mol. The second-order valence-corrected chi connectivity index (χ2v) is 14.5. The first kappa shape index (κ1) is 48.8. The highest BCUT2D eigenvalue weighted by molar-refractivity contribution is 5.69. The van der Waals surface area contributed by atoms with Crippen molar-refractivity contribution in [1.82, 2.24) is 0 Å². The number of ether oxygens (including phenoxy) is 2. The van der Waals surface area contributed by atoms with Gasteiger partial charge in [-0.2, -0.15) is 0 Å². The zero-order valence-electron chi connectivity index (χ0n) is 32.4. The van der Waals surface area contributed by atoms with Gasteiger partial charge in [0.05, 0.1) is 14.1 Å². The molecule has 0 heterocycles. The van der Waals surface area contributed by atoms with Crippen molar-refractivity contribution in [3.63, 3.8) is 0 Å². The molecule has 0 aliphatic rings. The monoisotopic (exact) mass is 698 g/mol. The molecule has 48 heavy (non-hydrogen) atoms. The van der Waals surface area contributed by atoms with Crippen molar-refractivity contribution in [3.05, 3.63) is 24.3 Å². The Kier molecular flexibility index (Phi) is 39.1. The van der Waals surface area contributed by atoms with Crippen molar-refractivity contribution >= 4 is 11.9 Å². The third-order valence-corrected chi connectivity index (χ3v) is 9.20. The topological polar surface area (TPSA) is 52.6 Å². The maximum Gasteiger partial charge on any atom is 0.305 e. The number of carbonyl (C=O) groups is 2. The normalized spacial score (nSPS) is 11.8. The summed E-state index contributed by atoms with van der Waals surface area (Å²) in [5.74, 6) is -0.178. The number of esters is 2. The van der Waals surface area contributed by atoms with Crippen LogP contribution in [0.5, 0.6) is 0 Å². The molecule has 0 radical (unpaired) electrons. The number of rotatable bonds is 36. The summed E-state index contributed by atoms with van der Waals surface area (Å²) in [5.41, 5.74) is 0. The molecule has 0 N–H and O–H groups in total. The van der Waals surface area contributed by atoms with E-state index in [9.17, 15) is 9.59 Å². The van der Waals surface area contributed by atoms with Crippen LogP contribution in [0.2, 0.25) is 0 Å². The van der Waals surface area contributed by atoms with Crippen LogP contribution in [0, 0.1) is 0 Å². The molecule has 0 aromatic carbocycles. The Labute approximate surface area is 305 Å². The van der Waals surface area contributed by atoms with E-state index in [1.54, 1.807) is 0 Å². The maximum atomic E-state index is 12.1. The van der Waals surface area contributed by atoms with Gasteiger partial charge < -0.3 is 26.4 Å². The Morgan fingerprint density at radius 2 is 0.708 bits per heavy atom. The van der Waals surface area contributed by atoms with Crippen molar-refractivity contribution in [2.24, 2.45) is 0 Å². The number of carbonyl (C=O) groups excluding carboxylic acids is 2. The predicted octanol–water partition coefficient (Wildman–Crippen LogP) is 9.23. The van der Waals surface area contributed by atoms with Gasteiger partial charge in [-0.15, -0.1) is 0 Å². The van der Waals surface area contributed by atoms with Crippen LogP contribution in [0.4, 0.5) is 0 Å². The maximum absolute atomic E-state index is 12.1. The van der Waals surface area contributed by atoms with Crippen LogP contribution in [0.15, 0.2) is 24.3 Å². The van der Waals surface area contributed by atoms with Crippen molar-refractivity contribution < 1.29 is 36.0 Å². The highest BCUT2D eigenvalue weighted by atomic mass is 35.5. The largest absolute Gasteiger partial charge is 1.00 e. The fourth-order valence-corrected chi connectivity index (χ4v) is 5.75. The van der Waals surface area contributed by atoms with Crippen molar-refractivity contribution in [2.45, 2.75) is 194 Å². The zero-order valence-corrected chi connectivity index (χ0v) is 33.2. The number of quaternary nitrogens is 1. The first-order valence-electron chi connectivity index (χ1n) is 20.3. The molecule has 0 rings (SSSR count). The molecule has 284 valence electrons. The summed E-state index contributed by atoms with van der Waals surface area (Å²) < 4.78 is 11.6. The van der Waals surface area contributed by atoms with E-state index in [4.69, 9.17) is 9.47 Å². The van der Waals surface area contributed by atoms with Crippen molar-refractivity contribution in [1.29, 1.82) is 0 Å². The Bertz CT molecular complexity index is 692. The lowest BCUT2D eigenvalue weighted by molar-refractivity contribution is -0.890. The molecule has 0 amide bonds. The third-order valence-electron chi connectivity index (χ3n) is 9.20. The number of halogens is 1. The second-order valence-electron chi connectivity index (χ2n) is 14.5. The molecule has 0 aliphatic carbocycles. The van der Waals surface area contributed by atoms with Gasteiger partial charge in [0.1, 0.15) is 26.3 Å². The number of nitrogens with zero attached hydrogens (tertiary/aromatic N) is 1. The average Bonchev–Trinajstić information content (AvgIpc) is 3.04. The van der Waals surface area contributed by atoms with E-state index in [-0.39, 0.29) is 24.3 Å². The minimum Gasteiger partial charge on any atom is -1.00 e.